The fourth-order valence-corrected chi connectivity index (χ4v) is 1.35. The fourth-order valence-electron chi connectivity index (χ4n) is 1.35. The molecule has 1 aromatic carbocycles. The predicted octanol–water partition coefficient (Wildman–Crippen LogP) is 0.841. The van der Waals surface area contributed by atoms with Gasteiger partial charge in [-0.2, -0.15) is 0 Å². The SMILES string of the molecule is [2H]c1c2c(c([2H])c3c1C([2H])C(N)C3([2H])[2H])OC([2H])([2H])O2. The third-order valence-corrected chi connectivity index (χ3v) is 1.91. The van der Waals surface area contributed by atoms with E-state index in [9.17, 15) is 0 Å². The molecule has 0 saturated carbocycles. The minimum atomic E-state index is -2.50. The summed E-state index contributed by atoms with van der Waals surface area (Å²) in [4.78, 5) is 0. The van der Waals surface area contributed by atoms with Crippen LogP contribution in [-0.2, 0) is 12.8 Å². The second kappa shape index (κ2) is 2.39. The van der Waals surface area contributed by atoms with Gasteiger partial charge in [0.15, 0.2) is 11.5 Å². The minimum Gasteiger partial charge on any atom is -0.454 e. The molecule has 3 heteroatoms. The summed E-state index contributed by atoms with van der Waals surface area (Å²) in [7, 11) is 0. The molecule has 1 heterocycles. The molecule has 0 amide bonds. The van der Waals surface area contributed by atoms with Crippen LogP contribution < -0.4 is 15.2 Å². The number of rotatable bonds is 0. The average Bonchev–Trinajstić information content (AvgIpc) is 2.75. The van der Waals surface area contributed by atoms with Crippen molar-refractivity contribution in [2.45, 2.75) is 18.8 Å². The third kappa shape index (κ3) is 1.00. The summed E-state index contributed by atoms with van der Waals surface area (Å²) in [5.74, 6) is -0.593. The molecule has 3 nitrogen and oxygen atoms in total. The maximum Gasteiger partial charge on any atom is 0.231 e. The van der Waals surface area contributed by atoms with E-state index in [1.54, 1.807) is 0 Å². The third-order valence-electron chi connectivity index (χ3n) is 1.91. The van der Waals surface area contributed by atoms with E-state index in [1.807, 2.05) is 0 Å². The Kier molecular flexibility index (Phi) is 0.582. The molecule has 0 saturated heterocycles. The van der Waals surface area contributed by atoms with E-state index >= 15 is 0 Å². The van der Waals surface area contributed by atoms with Crippen LogP contribution in [0.4, 0.5) is 0 Å². The van der Waals surface area contributed by atoms with Gasteiger partial charge < -0.3 is 15.2 Å². The summed E-state index contributed by atoms with van der Waals surface area (Å²) in [5, 5.41) is 0. The van der Waals surface area contributed by atoms with Crippen molar-refractivity contribution >= 4 is 0 Å². The van der Waals surface area contributed by atoms with E-state index in [-0.39, 0.29) is 28.7 Å². The van der Waals surface area contributed by atoms with Crippen molar-refractivity contribution in [1.29, 1.82) is 0 Å². The van der Waals surface area contributed by atoms with Gasteiger partial charge in [-0.1, -0.05) is 0 Å². The highest BCUT2D eigenvalue weighted by Gasteiger charge is 2.23. The molecule has 2 atom stereocenters. The lowest BCUT2D eigenvalue weighted by molar-refractivity contribution is 0.174. The zero-order valence-corrected chi connectivity index (χ0v) is 6.55. The van der Waals surface area contributed by atoms with Crippen molar-refractivity contribution in [3.8, 4) is 11.5 Å². The first-order chi connectivity index (χ1) is 9.08. The molecule has 0 fully saturated rings. The van der Waals surface area contributed by atoms with Gasteiger partial charge in [0.1, 0.15) is 2.74 Å². The van der Waals surface area contributed by atoms with Gasteiger partial charge in [-0.3, -0.25) is 0 Å². The largest absolute Gasteiger partial charge is 0.454 e. The Morgan fingerprint density at radius 2 is 2.08 bits per heavy atom. The van der Waals surface area contributed by atoms with Gasteiger partial charge in [0.25, 0.3) is 0 Å². The van der Waals surface area contributed by atoms with E-state index < -0.39 is 31.6 Å². The van der Waals surface area contributed by atoms with Crippen molar-refractivity contribution in [3.05, 3.63) is 23.2 Å². The Bertz CT molecular complexity index is 618. The molecule has 1 aromatic rings. The fraction of sp³-hybridized carbons (Fsp3) is 0.400. The molecule has 68 valence electrons. The van der Waals surface area contributed by atoms with Gasteiger partial charge in [0.05, 0.1) is 2.74 Å². The number of ether oxygens (including phenoxy) is 2. The maximum atomic E-state index is 7.98. The number of benzene rings is 1. The highest BCUT2D eigenvalue weighted by molar-refractivity contribution is 5.50. The molecule has 2 N–H and O–H groups in total. The number of hydrogen-bond donors (Lipinski definition) is 1. The summed E-state index contributed by atoms with van der Waals surface area (Å²) in [5.41, 5.74) is 5.45. The van der Waals surface area contributed by atoms with Crippen LogP contribution in [-0.4, -0.2) is 12.8 Å². The molecule has 3 rings (SSSR count). The van der Waals surface area contributed by atoms with Gasteiger partial charge in [-0.05, 0) is 36.0 Å². The highest BCUT2D eigenvalue weighted by Crippen LogP contribution is 2.37. The van der Waals surface area contributed by atoms with Crippen molar-refractivity contribution in [2.24, 2.45) is 5.73 Å². The van der Waals surface area contributed by atoms with Crippen LogP contribution in [0.15, 0.2) is 12.1 Å². The number of hydrogen-bond acceptors (Lipinski definition) is 3. The van der Waals surface area contributed by atoms with Crippen LogP contribution in [0.25, 0.3) is 0 Å². The maximum absolute atomic E-state index is 7.98. The predicted molar refractivity (Wildman–Crippen MR) is 47.9 cm³/mol. The summed E-state index contributed by atoms with van der Waals surface area (Å²) in [6.07, 6.45) is -3.36. The van der Waals surface area contributed by atoms with E-state index in [2.05, 4.69) is 0 Å². The second-order valence-electron chi connectivity index (χ2n) is 2.82. The van der Waals surface area contributed by atoms with E-state index in [0.717, 1.165) is 0 Å². The first-order valence-corrected chi connectivity index (χ1v) is 3.81. The van der Waals surface area contributed by atoms with Crippen LogP contribution >= 0.6 is 0 Å². The van der Waals surface area contributed by atoms with Crippen molar-refractivity contribution in [3.63, 3.8) is 0 Å². The Morgan fingerprint density at radius 1 is 1.38 bits per heavy atom. The number of fused-ring (bicyclic) bond motifs is 2. The molecule has 0 aromatic heterocycles. The normalized spacial score (nSPS) is 44.5. The molecule has 2 aliphatic rings. The molecular formula is C10H11NO2. The molecule has 0 spiro atoms. The van der Waals surface area contributed by atoms with Crippen LogP contribution in [0, 0.1) is 0 Å². The van der Waals surface area contributed by atoms with Crippen LogP contribution in [0.1, 0.15) is 20.7 Å². The molecule has 13 heavy (non-hydrogen) atoms. The van der Waals surface area contributed by atoms with Crippen LogP contribution in [0.5, 0.6) is 11.5 Å². The van der Waals surface area contributed by atoms with Gasteiger partial charge in [0, 0.05) is 10.2 Å². The molecular weight excluding hydrogens is 166 g/mol. The zero-order chi connectivity index (χ0) is 15.0. The van der Waals surface area contributed by atoms with Gasteiger partial charge >= 0.3 is 0 Å². The molecule has 0 bridgehead atoms. The summed E-state index contributed by atoms with van der Waals surface area (Å²) < 4.78 is 64.1. The molecule has 1 aliphatic carbocycles. The molecule has 1 aliphatic heterocycles. The first-order valence-electron chi connectivity index (χ1n) is 7.39. The van der Waals surface area contributed by atoms with E-state index in [0.29, 0.717) is 0 Å². The smallest absolute Gasteiger partial charge is 0.231 e. The van der Waals surface area contributed by atoms with Gasteiger partial charge in [-0.15, -0.1) is 0 Å². The average molecular weight is 184 g/mol. The summed E-state index contributed by atoms with van der Waals surface area (Å²) in [6.45, 7) is -2.50. The summed E-state index contributed by atoms with van der Waals surface area (Å²) in [6, 6.07) is -1.96. The topological polar surface area (TPSA) is 44.5 Å². The van der Waals surface area contributed by atoms with Crippen LogP contribution in [0.2, 0.25) is 0 Å². The quantitative estimate of drug-likeness (QED) is 0.650. The number of nitrogens with two attached hydrogens (primary N) is 1. The zero-order valence-electron chi connectivity index (χ0n) is 13.5. The molecule has 0 radical (unpaired) electrons. The van der Waals surface area contributed by atoms with Gasteiger partial charge in [-0.25, -0.2) is 0 Å². The van der Waals surface area contributed by atoms with Crippen LogP contribution in [0.3, 0.4) is 0 Å². The second-order valence-corrected chi connectivity index (χ2v) is 2.82. The Labute approximate surface area is 86.3 Å². The van der Waals surface area contributed by atoms with Crippen molar-refractivity contribution < 1.29 is 19.1 Å². The standard InChI is InChI=1S/C10H11NO2/c11-8-1-6-3-9-10(13-5-12-9)4-7(6)2-8/h3-4,8H,1-2,5,11H2/i1D,2D2,3D,4D,5D2. The molecule has 2 unspecified atom stereocenters. The van der Waals surface area contributed by atoms with E-state index in [1.165, 1.54) is 0 Å². The van der Waals surface area contributed by atoms with Crippen molar-refractivity contribution in [1.82, 2.24) is 0 Å². The lowest BCUT2D eigenvalue weighted by atomic mass is 10.1. The Hall–Kier alpha value is -1.22. The van der Waals surface area contributed by atoms with E-state index in [4.69, 9.17) is 24.8 Å². The summed E-state index contributed by atoms with van der Waals surface area (Å²) >= 11 is 0. The van der Waals surface area contributed by atoms with Crippen molar-refractivity contribution in [2.75, 3.05) is 6.75 Å². The Balaban J connectivity index is 2.33. The van der Waals surface area contributed by atoms with Gasteiger partial charge in [0.2, 0.25) is 6.75 Å². The minimum absolute atomic E-state index is 0.0347. The monoisotopic (exact) mass is 184 g/mol. The highest BCUT2D eigenvalue weighted by atomic mass is 16.7. The Morgan fingerprint density at radius 3 is 2.85 bits per heavy atom. The lowest BCUT2D eigenvalue weighted by Crippen LogP contribution is -2.19. The first kappa shape index (κ1) is 3.17. The lowest BCUT2D eigenvalue weighted by Gasteiger charge is -2.00.